The van der Waals surface area contributed by atoms with Gasteiger partial charge in [0, 0.05) is 17.8 Å². The van der Waals surface area contributed by atoms with E-state index in [1.54, 1.807) is 0 Å². The maximum Gasteiger partial charge on any atom is 0.141 e. The summed E-state index contributed by atoms with van der Waals surface area (Å²) in [5, 5.41) is 8.50. The molecule has 0 aromatic carbocycles. The van der Waals surface area contributed by atoms with Crippen LogP contribution in [-0.2, 0) is 4.79 Å². The lowest BCUT2D eigenvalue weighted by Gasteiger charge is -2.34. The van der Waals surface area contributed by atoms with E-state index in [9.17, 15) is 4.79 Å². The Morgan fingerprint density at radius 1 is 1.69 bits per heavy atom. The quantitative estimate of drug-likeness (QED) is 0.654. The highest BCUT2D eigenvalue weighted by Crippen LogP contribution is 2.39. The molecule has 0 aliphatic heterocycles. The summed E-state index contributed by atoms with van der Waals surface area (Å²) in [5.74, 6) is 0.575. The average Bonchev–Trinajstić information content (AvgIpc) is 2.11. The molecule has 72 valence electrons. The number of carbonyl (C=O) groups is 1. The standard InChI is InChI=1S/C11H17NO/c1-9-5-3-6-11(2,10(9)13)7-4-8-12/h9H,3-7H2,1-2H3. The van der Waals surface area contributed by atoms with Crippen LogP contribution in [0.15, 0.2) is 0 Å². The third-order valence-corrected chi connectivity index (χ3v) is 3.20. The Kier molecular flexibility index (Phi) is 3.08. The minimum atomic E-state index is -0.201. The third kappa shape index (κ3) is 2.09. The molecule has 1 saturated carbocycles. The van der Waals surface area contributed by atoms with Gasteiger partial charge in [-0.2, -0.15) is 5.26 Å². The van der Waals surface area contributed by atoms with Crippen LogP contribution in [0.25, 0.3) is 0 Å². The minimum absolute atomic E-state index is 0.201. The van der Waals surface area contributed by atoms with E-state index in [2.05, 4.69) is 6.07 Å². The van der Waals surface area contributed by atoms with Gasteiger partial charge in [0.2, 0.25) is 0 Å². The second-order valence-electron chi connectivity index (χ2n) is 4.38. The van der Waals surface area contributed by atoms with E-state index in [1.807, 2.05) is 13.8 Å². The second-order valence-corrected chi connectivity index (χ2v) is 4.38. The van der Waals surface area contributed by atoms with Gasteiger partial charge in [0.15, 0.2) is 0 Å². The third-order valence-electron chi connectivity index (χ3n) is 3.20. The van der Waals surface area contributed by atoms with E-state index in [1.165, 1.54) is 0 Å². The van der Waals surface area contributed by atoms with Crippen LogP contribution in [-0.4, -0.2) is 5.78 Å². The van der Waals surface area contributed by atoms with Crippen LogP contribution < -0.4 is 0 Å². The summed E-state index contributed by atoms with van der Waals surface area (Å²) in [6.45, 7) is 4.02. The summed E-state index contributed by atoms with van der Waals surface area (Å²) in [6.07, 6.45) is 4.38. The van der Waals surface area contributed by atoms with E-state index in [0.29, 0.717) is 12.2 Å². The lowest BCUT2D eigenvalue weighted by molar-refractivity contribution is -0.135. The zero-order valence-corrected chi connectivity index (χ0v) is 8.47. The molecule has 0 saturated heterocycles. The fourth-order valence-corrected chi connectivity index (χ4v) is 2.23. The molecule has 1 aliphatic carbocycles. The number of nitrogens with zero attached hydrogens (tertiary/aromatic N) is 1. The fourth-order valence-electron chi connectivity index (χ4n) is 2.23. The summed E-state index contributed by atoms with van der Waals surface area (Å²) >= 11 is 0. The summed E-state index contributed by atoms with van der Waals surface area (Å²) in [7, 11) is 0. The number of ketones is 1. The van der Waals surface area contributed by atoms with Gasteiger partial charge in [-0.1, -0.05) is 20.3 Å². The summed E-state index contributed by atoms with van der Waals surface area (Å²) in [5.41, 5.74) is -0.201. The number of Topliss-reactive ketones (excluding diaryl/α,β-unsaturated/α-hetero) is 1. The lowest BCUT2D eigenvalue weighted by Crippen LogP contribution is -2.36. The lowest BCUT2D eigenvalue weighted by atomic mass is 9.68. The van der Waals surface area contributed by atoms with Crippen molar-refractivity contribution in [2.75, 3.05) is 0 Å². The molecule has 2 nitrogen and oxygen atoms in total. The number of hydrogen-bond donors (Lipinski definition) is 0. The van der Waals surface area contributed by atoms with Crippen LogP contribution in [0.4, 0.5) is 0 Å². The Morgan fingerprint density at radius 2 is 2.38 bits per heavy atom. The molecule has 1 rings (SSSR count). The molecule has 13 heavy (non-hydrogen) atoms. The Hall–Kier alpha value is -0.840. The van der Waals surface area contributed by atoms with Crippen LogP contribution in [0.3, 0.4) is 0 Å². The maximum atomic E-state index is 11.8. The number of rotatable bonds is 2. The Bertz CT molecular complexity index is 241. The summed E-state index contributed by atoms with van der Waals surface area (Å²) in [6, 6.07) is 2.12. The topological polar surface area (TPSA) is 40.9 Å². The molecule has 0 N–H and O–H groups in total. The van der Waals surface area contributed by atoms with Crippen molar-refractivity contribution in [1.29, 1.82) is 5.26 Å². The Labute approximate surface area is 79.9 Å². The molecule has 0 spiro atoms. The Morgan fingerprint density at radius 3 is 3.00 bits per heavy atom. The zero-order valence-electron chi connectivity index (χ0n) is 8.47. The molecule has 1 aliphatic rings. The summed E-state index contributed by atoms with van der Waals surface area (Å²) < 4.78 is 0. The van der Waals surface area contributed by atoms with Gasteiger partial charge in [-0.3, -0.25) is 4.79 Å². The van der Waals surface area contributed by atoms with Gasteiger partial charge >= 0.3 is 0 Å². The van der Waals surface area contributed by atoms with Crippen LogP contribution >= 0.6 is 0 Å². The van der Waals surface area contributed by atoms with Crippen molar-refractivity contribution in [3.63, 3.8) is 0 Å². The van der Waals surface area contributed by atoms with Gasteiger partial charge in [0.25, 0.3) is 0 Å². The second kappa shape index (κ2) is 3.91. The van der Waals surface area contributed by atoms with Gasteiger partial charge in [0.1, 0.15) is 5.78 Å². The van der Waals surface area contributed by atoms with Crippen molar-refractivity contribution >= 4 is 5.78 Å². The number of hydrogen-bond acceptors (Lipinski definition) is 2. The van der Waals surface area contributed by atoms with E-state index in [-0.39, 0.29) is 11.3 Å². The highest BCUT2D eigenvalue weighted by atomic mass is 16.1. The van der Waals surface area contributed by atoms with Crippen molar-refractivity contribution < 1.29 is 4.79 Å². The van der Waals surface area contributed by atoms with E-state index in [0.717, 1.165) is 25.7 Å². The number of nitriles is 1. The molecule has 1 fully saturated rings. The monoisotopic (exact) mass is 179 g/mol. The SMILES string of the molecule is CC1CCCC(C)(CCC#N)C1=O. The van der Waals surface area contributed by atoms with Crippen molar-refractivity contribution in [3.05, 3.63) is 0 Å². The molecule has 2 heteroatoms. The highest BCUT2D eigenvalue weighted by Gasteiger charge is 2.38. The average molecular weight is 179 g/mol. The highest BCUT2D eigenvalue weighted by molar-refractivity contribution is 5.87. The minimum Gasteiger partial charge on any atom is -0.299 e. The van der Waals surface area contributed by atoms with Crippen LogP contribution in [0.2, 0.25) is 0 Å². The molecular formula is C11H17NO. The smallest absolute Gasteiger partial charge is 0.141 e. The van der Waals surface area contributed by atoms with Crippen LogP contribution in [0, 0.1) is 22.7 Å². The first-order chi connectivity index (χ1) is 6.10. The van der Waals surface area contributed by atoms with Crippen molar-refractivity contribution in [3.8, 4) is 6.07 Å². The molecule has 0 aromatic rings. The predicted octanol–water partition coefficient (Wildman–Crippen LogP) is 2.69. The van der Waals surface area contributed by atoms with Crippen molar-refractivity contribution in [2.24, 2.45) is 11.3 Å². The first-order valence-electron chi connectivity index (χ1n) is 5.01. The van der Waals surface area contributed by atoms with Crippen LogP contribution in [0.1, 0.15) is 46.0 Å². The fraction of sp³-hybridized carbons (Fsp3) is 0.818. The predicted molar refractivity (Wildman–Crippen MR) is 51.0 cm³/mol. The molecule has 0 aromatic heterocycles. The molecular weight excluding hydrogens is 162 g/mol. The van der Waals surface area contributed by atoms with Gasteiger partial charge < -0.3 is 0 Å². The van der Waals surface area contributed by atoms with Gasteiger partial charge in [-0.25, -0.2) is 0 Å². The zero-order chi connectivity index (χ0) is 9.90. The van der Waals surface area contributed by atoms with Crippen molar-refractivity contribution in [1.82, 2.24) is 0 Å². The summed E-state index contributed by atoms with van der Waals surface area (Å²) in [4.78, 5) is 11.8. The van der Waals surface area contributed by atoms with Crippen molar-refractivity contribution in [2.45, 2.75) is 46.0 Å². The molecule has 0 bridgehead atoms. The largest absolute Gasteiger partial charge is 0.299 e. The molecule has 0 amide bonds. The Balaban J connectivity index is 2.65. The number of carbonyl (C=O) groups excluding carboxylic acids is 1. The molecule has 0 radical (unpaired) electrons. The first kappa shape index (κ1) is 10.2. The van der Waals surface area contributed by atoms with Gasteiger partial charge in [-0.15, -0.1) is 0 Å². The normalized spacial score (nSPS) is 34.2. The van der Waals surface area contributed by atoms with E-state index < -0.39 is 0 Å². The van der Waals surface area contributed by atoms with Gasteiger partial charge in [-0.05, 0) is 19.3 Å². The maximum absolute atomic E-state index is 11.8. The van der Waals surface area contributed by atoms with Crippen LogP contribution in [0.5, 0.6) is 0 Å². The molecule has 2 atom stereocenters. The van der Waals surface area contributed by atoms with E-state index >= 15 is 0 Å². The van der Waals surface area contributed by atoms with E-state index in [4.69, 9.17) is 5.26 Å². The molecule has 0 heterocycles. The first-order valence-corrected chi connectivity index (χ1v) is 5.01. The molecule has 2 unspecified atom stereocenters. The van der Waals surface area contributed by atoms with Gasteiger partial charge in [0.05, 0.1) is 6.07 Å².